The summed E-state index contributed by atoms with van der Waals surface area (Å²) in [7, 11) is 0. The number of thiophene rings is 1. The molecule has 0 amide bonds. The van der Waals surface area contributed by atoms with Crippen LogP contribution in [-0.2, 0) is 0 Å². The predicted molar refractivity (Wildman–Crippen MR) is 153 cm³/mol. The van der Waals surface area contributed by atoms with Gasteiger partial charge in [-0.3, -0.25) is 0 Å². The Morgan fingerprint density at radius 2 is 1.19 bits per heavy atom. The number of hydrogen-bond donors (Lipinski definition) is 0. The normalized spacial score (nSPS) is 11.9. The lowest BCUT2D eigenvalue weighted by atomic mass is 9.99. The zero-order valence-electron chi connectivity index (χ0n) is 19.2. The maximum Gasteiger partial charge on any atom is 0.135 e. The Balaban J connectivity index is 1.30. The van der Waals surface area contributed by atoms with Gasteiger partial charge in [-0.15, -0.1) is 11.3 Å². The lowest BCUT2D eigenvalue weighted by molar-refractivity contribution is 0.669. The summed E-state index contributed by atoms with van der Waals surface area (Å²) < 4.78 is 8.55. The maximum absolute atomic E-state index is 6.01. The number of rotatable bonds is 2. The Hall–Kier alpha value is -4.47. The maximum atomic E-state index is 6.01. The van der Waals surface area contributed by atoms with E-state index in [2.05, 4.69) is 103 Å². The first kappa shape index (κ1) is 19.8. The van der Waals surface area contributed by atoms with Gasteiger partial charge in [0.2, 0.25) is 0 Å². The first-order chi connectivity index (χ1) is 17.8. The van der Waals surface area contributed by atoms with Gasteiger partial charge in [0.1, 0.15) is 11.2 Å². The van der Waals surface area contributed by atoms with E-state index in [1.807, 2.05) is 23.5 Å². The van der Waals surface area contributed by atoms with Crippen molar-refractivity contribution in [3.8, 4) is 22.4 Å². The van der Waals surface area contributed by atoms with Gasteiger partial charge in [-0.05, 0) is 41.5 Å². The molecule has 3 aromatic heterocycles. The highest BCUT2D eigenvalue weighted by Crippen LogP contribution is 2.43. The fourth-order valence-corrected chi connectivity index (χ4v) is 6.58. The quantitative estimate of drug-likeness (QED) is 0.248. The molecule has 0 unspecified atom stereocenters. The molecule has 0 aliphatic heterocycles. The van der Waals surface area contributed by atoms with Gasteiger partial charge in [0, 0.05) is 37.2 Å². The number of nitrogens with zero attached hydrogens (tertiary/aromatic N) is 1. The zero-order valence-corrected chi connectivity index (χ0v) is 20.0. The van der Waals surface area contributed by atoms with Gasteiger partial charge in [-0.1, -0.05) is 84.9 Å². The molecule has 3 heteroatoms. The van der Waals surface area contributed by atoms with Crippen LogP contribution in [0.1, 0.15) is 0 Å². The van der Waals surface area contributed by atoms with Crippen LogP contribution in [0.25, 0.3) is 75.4 Å². The highest BCUT2D eigenvalue weighted by Gasteiger charge is 2.16. The largest absolute Gasteiger partial charge is 0.456 e. The van der Waals surface area contributed by atoms with E-state index >= 15 is 0 Å². The molecule has 8 aromatic rings. The molecular formula is C33H19NOS. The molecule has 0 bridgehead atoms. The minimum atomic E-state index is 0.920. The van der Waals surface area contributed by atoms with Gasteiger partial charge in [0.05, 0.1) is 15.9 Å². The molecule has 0 aliphatic rings. The van der Waals surface area contributed by atoms with E-state index in [1.165, 1.54) is 36.7 Å². The summed E-state index contributed by atoms with van der Waals surface area (Å²) in [6.45, 7) is 0. The van der Waals surface area contributed by atoms with Crippen LogP contribution in [0.5, 0.6) is 0 Å². The molecule has 168 valence electrons. The van der Waals surface area contributed by atoms with E-state index in [0.29, 0.717) is 0 Å². The smallest absolute Gasteiger partial charge is 0.135 e. The number of para-hydroxylation sites is 2. The molecule has 0 saturated heterocycles. The Morgan fingerprint density at radius 3 is 2.08 bits per heavy atom. The third kappa shape index (κ3) is 2.87. The standard InChI is InChI=1S/C33H19NOS/c1-4-10-27-24(8-1)31-25-9-3-6-12-30(25)36-33(31)32(34-27)21-15-13-20(14-16-21)22-17-18-29-26(19-22)23-7-2-5-11-28(23)35-29/h1-19H. The number of furan rings is 1. The van der Waals surface area contributed by atoms with Crippen LogP contribution < -0.4 is 0 Å². The van der Waals surface area contributed by atoms with Crippen LogP contribution in [-0.4, -0.2) is 4.98 Å². The minimum Gasteiger partial charge on any atom is -0.456 e. The second-order valence-corrected chi connectivity index (χ2v) is 10.2. The van der Waals surface area contributed by atoms with Gasteiger partial charge >= 0.3 is 0 Å². The SMILES string of the molecule is c1ccc2c(c1)nc(-c1ccc(-c3ccc4oc5ccccc5c4c3)cc1)c1sc3ccccc3c12. The lowest BCUT2D eigenvalue weighted by Crippen LogP contribution is -1.87. The average Bonchev–Trinajstić information content (AvgIpc) is 3.51. The van der Waals surface area contributed by atoms with Crippen molar-refractivity contribution in [2.45, 2.75) is 0 Å². The molecule has 36 heavy (non-hydrogen) atoms. The molecule has 0 spiro atoms. The van der Waals surface area contributed by atoms with Gasteiger partial charge < -0.3 is 4.42 Å². The summed E-state index contributed by atoms with van der Waals surface area (Å²) in [6, 6.07) is 40.6. The van der Waals surface area contributed by atoms with E-state index in [1.54, 1.807) is 0 Å². The van der Waals surface area contributed by atoms with E-state index in [4.69, 9.17) is 9.40 Å². The van der Waals surface area contributed by atoms with Crippen LogP contribution in [0.2, 0.25) is 0 Å². The zero-order chi connectivity index (χ0) is 23.6. The summed E-state index contributed by atoms with van der Waals surface area (Å²) in [5.74, 6) is 0. The van der Waals surface area contributed by atoms with Crippen molar-refractivity contribution in [3.05, 3.63) is 115 Å². The molecule has 0 aliphatic carbocycles. The second kappa shape index (κ2) is 7.51. The molecule has 0 atom stereocenters. The highest BCUT2D eigenvalue weighted by molar-refractivity contribution is 7.26. The van der Waals surface area contributed by atoms with Crippen molar-refractivity contribution in [1.29, 1.82) is 0 Å². The van der Waals surface area contributed by atoms with E-state index in [-0.39, 0.29) is 0 Å². The Bertz CT molecular complexity index is 2100. The summed E-state index contributed by atoms with van der Waals surface area (Å²) >= 11 is 1.83. The monoisotopic (exact) mass is 477 g/mol. The number of fused-ring (bicyclic) bond motifs is 8. The number of aromatic nitrogens is 1. The molecular weight excluding hydrogens is 458 g/mol. The van der Waals surface area contributed by atoms with Crippen LogP contribution >= 0.6 is 11.3 Å². The average molecular weight is 478 g/mol. The second-order valence-electron chi connectivity index (χ2n) is 9.17. The van der Waals surface area contributed by atoms with Crippen molar-refractivity contribution in [1.82, 2.24) is 4.98 Å². The summed E-state index contributed by atoms with van der Waals surface area (Å²) in [5, 5.41) is 6.12. The summed E-state index contributed by atoms with van der Waals surface area (Å²) in [6.07, 6.45) is 0. The van der Waals surface area contributed by atoms with Crippen molar-refractivity contribution in [2.24, 2.45) is 0 Å². The molecule has 0 N–H and O–H groups in total. The van der Waals surface area contributed by atoms with Gasteiger partial charge in [-0.25, -0.2) is 4.98 Å². The number of benzene rings is 5. The van der Waals surface area contributed by atoms with Gasteiger partial charge in [0.25, 0.3) is 0 Å². The number of hydrogen-bond acceptors (Lipinski definition) is 3. The third-order valence-corrected chi connectivity index (χ3v) is 8.26. The van der Waals surface area contributed by atoms with Gasteiger partial charge in [-0.2, -0.15) is 0 Å². The van der Waals surface area contributed by atoms with Crippen LogP contribution in [0.3, 0.4) is 0 Å². The molecule has 8 rings (SSSR count). The van der Waals surface area contributed by atoms with Crippen molar-refractivity contribution in [3.63, 3.8) is 0 Å². The lowest BCUT2D eigenvalue weighted by Gasteiger charge is -2.08. The Morgan fingerprint density at radius 1 is 0.528 bits per heavy atom. The van der Waals surface area contributed by atoms with Gasteiger partial charge in [0.15, 0.2) is 0 Å². The van der Waals surface area contributed by atoms with E-state index < -0.39 is 0 Å². The fraction of sp³-hybridized carbons (Fsp3) is 0. The molecule has 0 saturated carbocycles. The van der Waals surface area contributed by atoms with Crippen LogP contribution in [0.4, 0.5) is 0 Å². The van der Waals surface area contributed by atoms with Crippen LogP contribution in [0.15, 0.2) is 120 Å². The molecule has 5 aromatic carbocycles. The molecule has 0 radical (unpaired) electrons. The highest BCUT2D eigenvalue weighted by atomic mass is 32.1. The van der Waals surface area contributed by atoms with Crippen molar-refractivity contribution in [2.75, 3.05) is 0 Å². The Labute approximate surface area is 211 Å². The topological polar surface area (TPSA) is 26.0 Å². The minimum absolute atomic E-state index is 0.920. The fourth-order valence-electron chi connectivity index (χ4n) is 5.36. The predicted octanol–water partition coefficient (Wildman–Crippen LogP) is 9.84. The molecule has 2 nitrogen and oxygen atoms in total. The van der Waals surface area contributed by atoms with Crippen LogP contribution in [0, 0.1) is 0 Å². The van der Waals surface area contributed by atoms with E-state index in [0.717, 1.165) is 38.7 Å². The first-order valence-corrected chi connectivity index (χ1v) is 12.9. The molecule has 0 fully saturated rings. The number of pyridine rings is 1. The summed E-state index contributed by atoms with van der Waals surface area (Å²) in [4.78, 5) is 5.14. The van der Waals surface area contributed by atoms with Crippen molar-refractivity contribution < 1.29 is 4.42 Å². The summed E-state index contributed by atoms with van der Waals surface area (Å²) in [5.41, 5.74) is 7.42. The third-order valence-electron chi connectivity index (χ3n) is 7.08. The first-order valence-electron chi connectivity index (χ1n) is 12.1. The van der Waals surface area contributed by atoms with Crippen molar-refractivity contribution >= 4 is 64.4 Å². The molecule has 3 heterocycles. The Kier molecular flexibility index (Phi) is 4.13. The van der Waals surface area contributed by atoms with E-state index in [9.17, 15) is 0 Å².